The summed E-state index contributed by atoms with van der Waals surface area (Å²) in [7, 11) is 0. The van der Waals surface area contributed by atoms with E-state index in [1.165, 1.54) is 4.90 Å². The highest BCUT2D eigenvalue weighted by Crippen LogP contribution is 2.25. The van der Waals surface area contributed by atoms with Crippen molar-refractivity contribution < 1.29 is 28.7 Å². The van der Waals surface area contributed by atoms with Crippen LogP contribution in [0.2, 0.25) is 0 Å². The zero-order valence-corrected chi connectivity index (χ0v) is 24.4. The zero-order chi connectivity index (χ0) is 28.9. The van der Waals surface area contributed by atoms with Crippen molar-refractivity contribution in [3.05, 3.63) is 34.9 Å². The Morgan fingerprint density at radius 3 is 2.26 bits per heavy atom. The van der Waals surface area contributed by atoms with Gasteiger partial charge < -0.3 is 25.0 Å². The lowest BCUT2D eigenvalue weighted by atomic mass is 9.98. The fraction of sp³-hybridized carbons (Fsp3) is 0.655. The summed E-state index contributed by atoms with van der Waals surface area (Å²) < 4.78 is 10.3. The van der Waals surface area contributed by atoms with E-state index in [0.717, 1.165) is 30.4 Å². The molecule has 0 heterocycles. The number of benzene rings is 1. The number of esters is 1. The van der Waals surface area contributed by atoms with Crippen molar-refractivity contribution in [2.75, 3.05) is 19.7 Å². The summed E-state index contributed by atoms with van der Waals surface area (Å²) >= 11 is 0. The van der Waals surface area contributed by atoms with Gasteiger partial charge in [-0.05, 0) is 71.6 Å². The number of carbonyl (C=O) groups excluding carboxylic acids is 4. The molecule has 2 unspecified atom stereocenters. The molecule has 3 amide bonds. The van der Waals surface area contributed by atoms with Crippen LogP contribution in [0.4, 0.5) is 4.79 Å². The number of amides is 3. The summed E-state index contributed by atoms with van der Waals surface area (Å²) in [5.41, 5.74) is 2.00. The molecule has 0 fully saturated rings. The summed E-state index contributed by atoms with van der Waals surface area (Å²) in [6.07, 6.45) is 2.97. The maximum absolute atomic E-state index is 13.7. The van der Waals surface area contributed by atoms with Gasteiger partial charge in [0.05, 0.1) is 13.0 Å². The summed E-state index contributed by atoms with van der Waals surface area (Å²) in [5.74, 6) is -1.19. The van der Waals surface area contributed by atoms with Gasteiger partial charge in [0.2, 0.25) is 11.8 Å². The normalized spacial score (nSPS) is 12.7. The Hall–Kier alpha value is -3.10. The molecule has 0 radical (unpaired) electrons. The average molecular weight is 534 g/mol. The van der Waals surface area contributed by atoms with Crippen LogP contribution in [-0.2, 0) is 23.9 Å². The number of rotatable bonds is 14. The number of hydrogen-bond donors (Lipinski definition) is 2. The van der Waals surface area contributed by atoms with Gasteiger partial charge in [0.25, 0.3) is 0 Å². The van der Waals surface area contributed by atoms with Gasteiger partial charge in [-0.15, -0.1) is 0 Å². The van der Waals surface area contributed by atoms with Crippen molar-refractivity contribution in [3.8, 4) is 0 Å². The molecule has 9 heteroatoms. The number of aryl methyl sites for hydroxylation is 2. The van der Waals surface area contributed by atoms with E-state index in [9.17, 15) is 19.2 Å². The van der Waals surface area contributed by atoms with E-state index in [4.69, 9.17) is 9.47 Å². The Labute approximate surface area is 228 Å². The number of carbonyl (C=O) groups is 4. The molecule has 0 saturated carbocycles. The van der Waals surface area contributed by atoms with E-state index in [1.54, 1.807) is 34.6 Å². The molecule has 0 bridgehead atoms. The lowest BCUT2D eigenvalue weighted by molar-refractivity contribution is -0.144. The molecule has 214 valence electrons. The highest BCUT2D eigenvalue weighted by Gasteiger charge is 2.34. The van der Waals surface area contributed by atoms with Crippen LogP contribution in [-0.4, -0.2) is 60.1 Å². The van der Waals surface area contributed by atoms with Crippen LogP contribution in [0.1, 0.15) is 96.4 Å². The lowest BCUT2D eigenvalue weighted by Crippen LogP contribution is -2.52. The van der Waals surface area contributed by atoms with Gasteiger partial charge in [0.1, 0.15) is 17.7 Å². The first-order chi connectivity index (χ1) is 17.8. The first-order valence-electron chi connectivity index (χ1n) is 13.6. The number of nitrogens with one attached hydrogen (secondary N) is 2. The second-order valence-electron chi connectivity index (χ2n) is 10.6. The predicted molar refractivity (Wildman–Crippen MR) is 148 cm³/mol. The minimum atomic E-state index is -0.937. The Morgan fingerprint density at radius 2 is 1.68 bits per heavy atom. The van der Waals surface area contributed by atoms with Crippen LogP contribution in [0.3, 0.4) is 0 Å². The Bertz CT molecular complexity index is 941. The van der Waals surface area contributed by atoms with Crippen molar-refractivity contribution >= 4 is 23.9 Å². The summed E-state index contributed by atoms with van der Waals surface area (Å²) in [6.45, 7) is 15.3. The van der Waals surface area contributed by atoms with E-state index >= 15 is 0 Å². The van der Waals surface area contributed by atoms with Crippen LogP contribution in [0, 0.1) is 13.8 Å². The van der Waals surface area contributed by atoms with Crippen molar-refractivity contribution in [1.82, 2.24) is 15.5 Å². The highest BCUT2D eigenvalue weighted by molar-refractivity contribution is 5.92. The molecule has 0 aliphatic rings. The standard InChI is InChI=1S/C29H47N3O6/c1-9-11-12-13-18-32(27(35)22(5)31-28(36)38-29(6,7)8)25(23-15-14-20(3)21(4)19-23)26(34)30-17-16-24(33)37-10-2/h14-15,19,22,25H,9-13,16-18H2,1-8H3,(H,30,34)(H,31,36). The fourth-order valence-electron chi connectivity index (χ4n) is 3.90. The molecule has 1 aromatic carbocycles. The summed E-state index contributed by atoms with van der Waals surface area (Å²) in [5, 5.41) is 5.42. The smallest absolute Gasteiger partial charge is 0.408 e. The minimum absolute atomic E-state index is 0.0280. The molecule has 0 aromatic heterocycles. The maximum atomic E-state index is 13.7. The van der Waals surface area contributed by atoms with Crippen molar-refractivity contribution in [1.29, 1.82) is 0 Å². The largest absolute Gasteiger partial charge is 0.466 e. The molecular formula is C29H47N3O6. The third kappa shape index (κ3) is 11.5. The Kier molecular flexibility index (Phi) is 13.9. The quantitative estimate of drug-likeness (QED) is 0.264. The van der Waals surface area contributed by atoms with Gasteiger partial charge in [-0.1, -0.05) is 44.4 Å². The number of hydrogen-bond acceptors (Lipinski definition) is 6. The van der Waals surface area contributed by atoms with Crippen molar-refractivity contribution in [2.24, 2.45) is 0 Å². The van der Waals surface area contributed by atoms with Crippen LogP contribution in [0.25, 0.3) is 0 Å². The molecule has 2 atom stereocenters. The van der Waals surface area contributed by atoms with Crippen LogP contribution >= 0.6 is 0 Å². The second-order valence-corrected chi connectivity index (χ2v) is 10.6. The second kappa shape index (κ2) is 16.0. The van der Waals surface area contributed by atoms with Crippen LogP contribution in [0.5, 0.6) is 0 Å². The molecule has 0 saturated heterocycles. The third-order valence-corrected chi connectivity index (χ3v) is 5.98. The fourth-order valence-corrected chi connectivity index (χ4v) is 3.90. The van der Waals surface area contributed by atoms with Gasteiger partial charge >= 0.3 is 12.1 Å². The van der Waals surface area contributed by atoms with Gasteiger partial charge in [-0.3, -0.25) is 14.4 Å². The molecule has 1 aromatic rings. The molecule has 0 aliphatic carbocycles. The zero-order valence-electron chi connectivity index (χ0n) is 24.4. The topological polar surface area (TPSA) is 114 Å². The number of alkyl carbamates (subject to hydrolysis) is 1. The molecule has 2 N–H and O–H groups in total. The first kappa shape index (κ1) is 32.9. The van der Waals surface area contributed by atoms with Gasteiger partial charge in [-0.25, -0.2) is 4.79 Å². The van der Waals surface area contributed by atoms with Crippen molar-refractivity contribution in [3.63, 3.8) is 0 Å². The highest BCUT2D eigenvalue weighted by atomic mass is 16.6. The summed E-state index contributed by atoms with van der Waals surface area (Å²) in [4.78, 5) is 53.0. The lowest BCUT2D eigenvalue weighted by Gasteiger charge is -2.34. The van der Waals surface area contributed by atoms with Gasteiger partial charge in [-0.2, -0.15) is 0 Å². The van der Waals surface area contributed by atoms with Gasteiger partial charge in [0, 0.05) is 13.1 Å². The number of nitrogens with zero attached hydrogens (tertiary/aromatic N) is 1. The van der Waals surface area contributed by atoms with Crippen LogP contribution in [0.15, 0.2) is 18.2 Å². The average Bonchev–Trinajstić information content (AvgIpc) is 2.81. The van der Waals surface area contributed by atoms with Gasteiger partial charge in [0.15, 0.2) is 0 Å². The molecular weight excluding hydrogens is 486 g/mol. The molecule has 0 spiro atoms. The van der Waals surface area contributed by atoms with E-state index in [2.05, 4.69) is 17.6 Å². The van der Waals surface area contributed by atoms with Crippen molar-refractivity contribution in [2.45, 2.75) is 105 Å². The Balaban J connectivity index is 3.31. The first-order valence-corrected chi connectivity index (χ1v) is 13.6. The van der Waals surface area contributed by atoms with E-state index in [0.29, 0.717) is 18.5 Å². The van der Waals surface area contributed by atoms with E-state index in [-0.39, 0.29) is 19.6 Å². The number of ether oxygens (including phenoxy) is 2. The molecule has 38 heavy (non-hydrogen) atoms. The van der Waals surface area contributed by atoms with E-state index in [1.807, 2.05) is 32.0 Å². The molecule has 9 nitrogen and oxygen atoms in total. The monoisotopic (exact) mass is 533 g/mol. The third-order valence-electron chi connectivity index (χ3n) is 5.98. The maximum Gasteiger partial charge on any atom is 0.408 e. The SMILES string of the molecule is CCCCCCN(C(=O)C(C)NC(=O)OC(C)(C)C)C(C(=O)NCCC(=O)OCC)c1ccc(C)c(C)c1. The Morgan fingerprint density at radius 1 is 1.00 bits per heavy atom. The van der Waals surface area contributed by atoms with E-state index < -0.39 is 41.6 Å². The minimum Gasteiger partial charge on any atom is -0.466 e. The predicted octanol–water partition coefficient (Wildman–Crippen LogP) is 4.74. The molecule has 1 rings (SSSR count). The molecule has 0 aliphatic heterocycles. The number of unbranched alkanes of at least 4 members (excludes halogenated alkanes) is 3. The van der Waals surface area contributed by atoms with Crippen LogP contribution < -0.4 is 10.6 Å². The summed E-state index contributed by atoms with van der Waals surface area (Å²) in [6, 6.07) is 3.82.